The summed E-state index contributed by atoms with van der Waals surface area (Å²) in [6.07, 6.45) is 0.659. The summed E-state index contributed by atoms with van der Waals surface area (Å²) in [6, 6.07) is 7.89. The van der Waals surface area contributed by atoms with Crippen LogP contribution in [0.3, 0.4) is 0 Å². The van der Waals surface area contributed by atoms with Gasteiger partial charge in [-0.1, -0.05) is 29.8 Å². The second-order valence-corrected chi connectivity index (χ2v) is 9.69. The summed E-state index contributed by atoms with van der Waals surface area (Å²) in [5, 5.41) is 5.44. The number of benzene rings is 1. The van der Waals surface area contributed by atoms with Gasteiger partial charge in [0.15, 0.2) is 9.84 Å². The highest BCUT2D eigenvalue weighted by atomic mass is 35.5. The third kappa shape index (κ3) is 4.07. The summed E-state index contributed by atoms with van der Waals surface area (Å²) in [7, 11) is -0.775. The number of nitrogens with one attached hydrogen (secondary N) is 1. The molecule has 0 radical (unpaired) electrons. The average molecular weight is 383 g/mol. The van der Waals surface area contributed by atoms with Crippen LogP contribution in [0.4, 0.5) is 0 Å². The first-order valence-electron chi connectivity index (χ1n) is 8.56. The molecule has 1 saturated heterocycles. The van der Waals surface area contributed by atoms with Crippen LogP contribution in [0, 0.1) is 13.8 Å². The number of hydrogen-bond acceptors (Lipinski definition) is 3. The minimum absolute atomic E-state index is 0.0266. The molecule has 1 aromatic heterocycles. The monoisotopic (exact) mass is 382 g/mol. The average Bonchev–Trinajstić information content (AvgIpc) is 3.03. The van der Waals surface area contributed by atoms with Gasteiger partial charge < -0.3 is 4.90 Å². The maximum atomic E-state index is 11.8. The zero-order valence-electron chi connectivity index (χ0n) is 14.9. The number of rotatable bonds is 5. The number of sulfone groups is 1. The molecule has 3 rings (SSSR count). The normalized spacial score (nSPS) is 20.7. The molecule has 7 heteroatoms. The molecule has 1 aliphatic heterocycles. The molecule has 2 atom stereocenters. The maximum Gasteiger partial charge on any atom is 0.152 e. The minimum Gasteiger partial charge on any atom is -0.330 e. The number of halogens is 1. The summed E-state index contributed by atoms with van der Waals surface area (Å²) >= 11 is 6.26. The van der Waals surface area contributed by atoms with Crippen molar-refractivity contribution in [2.24, 2.45) is 0 Å². The number of aromatic nitrogens is 2. The smallest absolute Gasteiger partial charge is 0.152 e. The van der Waals surface area contributed by atoms with Gasteiger partial charge in [-0.2, -0.15) is 5.10 Å². The summed E-state index contributed by atoms with van der Waals surface area (Å²) < 4.78 is 25.5. The van der Waals surface area contributed by atoms with Crippen molar-refractivity contribution in [1.82, 2.24) is 9.78 Å². The van der Waals surface area contributed by atoms with Gasteiger partial charge in [0.05, 0.1) is 35.9 Å². The predicted molar refractivity (Wildman–Crippen MR) is 99.8 cm³/mol. The number of quaternary nitrogens is 1. The first-order valence-corrected chi connectivity index (χ1v) is 10.8. The van der Waals surface area contributed by atoms with Crippen LogP contribution in [-0.2, 0) is 22.9 Å². The summed E-state index contributed by atoms with van der Waals surface area (Å²) in [5.41, 5.74) is 4.40. The number of aryl methyl sites for hydroxylation is 1. The van der Waals surface area contributed by atoms with E-state index >= 15 is 0 Å². The quantitative estimate of drug-likeness (QED) is 0.856. The van der Waals surface area contributed by atoms with Gasteiger partial charge in [-0.15, -0.1) is 0 Å². The lowest BCUT2D eigenvalue weighted by molar-refractivity contribution is -0.907. The highest BCUT2D eigenvalue weighted by molar-refractivity contribution is 7.91. The zero-order valence-corrected chi connectivity index (χ0v) is 16.5. The van der Waals surface area contributed by atoms with Crippen LogP contribution in [0.1, 0.15) is 35.0 Å². The number of hydrogen-bond donors (Lipinski definition) is 1. The Morgan fingerprint density at radius 1 is 1.28 bits per heavy atom. The Morgan fingerprint density at radius 3 is 2.64 bits per heavy atom. The Morgan fingerprint density at radius 2 is 2.00 bits per heavy atom. The fourth-order valence-corrected chi connectivity index (χ4v) is 5.50. The molecule has 2 heterocycles. The highest BCUT2D eigenvalue weighted by Gasteiger charge is 2.31. The molecule has 0 aliphatic carbocycles. The molecular formula is C18H25ClN3O2S+. The van der Waals surface area contributed by atoms with Crippen LogP contribution in [0.15, 0.2) is 24.3 Å². The van der Waals surface area contributed by atoms with Crippen molar-refractivity contribution in [1.29, 1.82) is 0 Å². The van der Waals surface area contributed by atoms with Crippen molar-refractivity contribution in [3.63, 3.8) is 0 Å². The van der Waals surface area contributed by atoms with Crippen molar-refractivity contribution in [3.8, 4) is 0 Å². The molecule has 0 amide bonds. The third-order valence-electron chi connectivity index (χ3n) is 4.96. The van der Waals surface area contributed by atoms with Gasteiger partial charge in [-0.05, 0) is 26.3 Å². The van der Waals surface area contributed by atoms with E-state index in [1.165, 1.54) is 10.5 Å². The SMILES string of the molecule is Cc1nn([C@H]2CCS(=O)(=O)C2)c(C)c1C[NH+](C)Cc1ccccc1Cl. The van der Waals surface area contributed by atoms with Gasteiger partial charge in [-0.25, -0.2) is 8.42 Å². The largest absolute Gasteiger partial charge is 0.330 e. The molecule has 136 valence electrons. The Kier molecular flexibility index (Phi) is 5.23. The summed E-state index contributed by atoms with van der Waals surface area (Å²) in [5.74, 6) is 0.472. The van der Waals surface area contributed by atoms with Crippen LogP contribution < -0.4 is 4.90 Å². The van der Waals surface area contributed by atoms with E-state index in [-0.39, 0.29) is 17.5 Å². The van der Waals surface area contributed by atoms with Crippen molar-refractivity contribution in [2.75, 3.05) is 18.6 Å². The Labute approximate surface area is 154 Å². The van der Waals surface area contributed by atoms with E-state index in [4.69, 9.17) is 11.6 Å². The van der Waals surface area contributed by atoms with E-state index < -0.39 is 9.84 Å². The van der Waals surface area contributed by atoms with E-state index in [2.05, 4.69) is 18.2 Å². The molecule has 5 nitrogen and oxygen atoms in total. The molecular weight excluding hydrogens is 358 g/mol. The molecule has 0 bridgehead atoms. The van der Waals surface area contributed by atoms with Crippen LogP contribution in [0.5, 0.6) is 0 Å². The fourth-order valence-electron chi connectivity index (χ4n) is 3.61. The first kappa shape index (κ1) is 18.4. The van der Waals surface area contributed by atoms with Crippen molar-refractivity contribution in [2.45, 2.75) is 39.4 Å². The van der Waals surface area contributed by atoms with Crippen LogP contribution in [-0.4, -0.2) is 36.8 Å². The van der Waals surface area contributed by atoms with E-state index in [0.717, 1.165) is 35.1 Å². The maximum absolute atomic E-state index is 11.8. The molecule has 1 unspecified atom stereocenters. The lowest BCUT2D eigenvalue weighted by atomic mass is 10.1. The van der Waals surface area contributed by atoms with E-state index in [1.54, 1.807) is 0 Å². The molecule has 2 aromatic rings. The van der Waals surface area contributed by atoms with Gasteiger partial charge in [0, 0.05) is 16.3 Å². The van der Waals surface area contributed by atoms with Gasteiger partial charge in [0.1, 0.15) is 13.1 Å². The Bertz CT molecular complexity index is 876. The zero-order chi connectivity index (χ0) is 18.2. The third-order valence-corrected chi connectivity index (χ3v) is 7.08. The molecule has 0 spiro atoms. The van der Waals surface area contributed by atoms with Gasteiger partial charge in [-0.3, -0.25) is 4.68 Å². The Balaban J connectivity index is 1.76. The number of nitrogens with zero attached hydrogens (tertiary/aromatic N) is 2. The van der Waals surface area contributed by atoms with Crippen LogP contribution in [0.25, 0.3) is 0 Å². The topological polar surface area (TPSA) is 56.4 Å². The lowest BCUT2D eigenvalue weighted by Crippen LogP contribution is -3.06. The molecule has 1 aliphatic rings. The van der Waals surface area contributed by atoms with Crippen molar-refractivity contribution < 1.29 is 13.3 Å². The second kappa shape index (κ2) is 7.09. The fraction of sp³-hybridized carbons (Fsp3) is 0.500. The van der Waals surface area contributed by atoms with Crippen molar-refractivity contribution in [3.05, 3.63) is 51.8 Å². The van der Waals surface area contributed by atoms with Gasteiger partial charge >= 0.3 is 0 Å². The van der Waals surface area contributed by atoms with E-state index in [1.807, 2.05) is 36.7 Å². The predicted octanol–water partition coefficient (Wildman–Crippen LogP) is 1.73. The van der Waals surface area contributed by atoms with Crippen molar-refractivity contribution >= 4 is 21.4 Å². The second-order valence-electron chi connectivity index (χ2n) is 7.05. The van der Waals surface area contributed by atoms with Gasteiger partial charge in [0.2, 0.25) is 0 Å². The standard InChI is InChI=1S/C18H24ClN3O2S/c1-13-17(11-21(3)10-15-6-4-5-7-18(15)19)14(2)22(20-13)16-8-9-25(23,24)12-16/h4-7,16H,8-12H2,1-3H3/p+1/t16-/m0/s1. The highest BCUT2D eigenvalue weighted by Crippen LogP contribution is 2.26. The summed E-state index contributed by atoms with van der Waals surface area (Å²) in [6.45, 7) is 5.72. The lowest BCUT2D eigenvalue weighted by Gasteiger charge is -2.16. The first-order chi connectivity index (χ1) is 11.8. The van der Waals surface area contributed by atoms with Crippen LogP contribution in [0.2, 0.25) is 5.02 Å². The van der Waals surface area contributed by atoms with Crippen LogP contribution >= 0.6 is 11.6 Å². The van der Waals surface area contributed by atoms with E-state index in [9.17, 15) is 8.42 Å². The molecule has 1 fully saturated rings. The molecule has 0 saturated carbocycles. The van der Waals surface area contributed by atoms with Gasteiger partial charge in [0.25, 0.3) is 0 Å². The molecule has 25 heavy (non-hydrogen) atoms. The summed E-state index contributed by atoms with van der Waals surface area (Å²) in [4.78, 5) is 1.32. The minimum atomic E-state index is -2.91. The molecule has 1 N–H and O–H groups in total. The molecule has 1 aromatic carbocycles. The Hall–Kier alpha value is -1.37. The van der Waals surface area contributed by atoms with E-state index in [0.29, 0.717) is 6.42 Å².